The van der Waals surface area contributed by atoms with Crippen molar-refractivity contribution in [3.8, 4) is 5.75 Å². The minimum absolute atomic E-state index is 0.427. The van der Waals surface area contributed by atoms with E-state index in [2.05, 4.69) is 61.3 Å². The molecular formula is C24H30FN3O. The highest BCUT2D eigenvalue weighted by Gasteiger charge is 2.05. The van der Waals surface area contributed by atoms with Crippen molar-refractivity contribution in [2.45, 2.75) is 33.6 Å². The highest BCUT2D eigenvalue weighted by atomic mass is 19.1. The van der Waals surface area contributed by atoms with E-state index in [4.69, 9.17) is 4.74 Å². The van der Waals surface area contributed by atoms with Crippen LogP contribution in [-0.2, 0) is 6.42 Å². The first-order chi connectivity index (χ1) is 14.1. The molecule has 0 saturated carbocycles. The number of allylic oxidation sites excluding steroid dienone is 2. The number of alkyl halides is 1. The van der Waals surface area contributed by atoms with Crippen molar-refractivity contribution in [1.29, 1.82) is 0 Å². The van der Waals surface area contributed by atoms with Crippen LogP contribution in [0.15, 0.2) is 48.7 Å². The highest BCUT2D eigenvalue weighted by molar-refractivity contribution is 5.79. The Morgan fingerprint density at radius 1 is 1.24 bits per heavy atom. The van der Waals surface area contributed by atoms with Gasteiger partial charge in [-0.1, -0.05) is 25.1 Å². The standard InChI is InChI=1S/C24H30FN3O/c1-4-10-28(17-25)11-12-29-23-7-5-6-20(15-23)18(2)8-9-21-14-22-16-26-27-24(22)13-19(21)3/h5-8,13-16H,4,9-12,17H2,1-3H3,(H,26,27). The van der Waals surface area contributed by atoms with E-state index in [9.17, 15) is 4.39 Å². The van der Waals surface area contributed by atoms with Crippen LogP contribution in [0.3, 0.4) is 0 Å². The maximum atomic E-state index is 12.9. The Hall–Kier alpha value is -2.66. The van der Waals surface area contributed by atoms with E-state index in [1.807, 2.05) is 18.3 Å². The zero-order chi connectivity index (χ0) is 20.6. The third kappa shape index (κ3) is 5.67. The molecule has 29 heavy (non-hydrogen) atoms. The molecule has 0 aliphatic carbocycles. The Morgan fingerprint density at radius 3 is 2.90 bits per heavy atom. The Morgan fingerprint density at radius 2 is 2.10 bits per heavy atom. The van der Waals surface area contributed by atoms with Gasteiger partial charge < -0.3 is 4.74 Å². The molecule has 0 saturated heterocycles. The number of H-pyrrole nitrogens is 1. The summed E-state index contributed by atoms with van der Waals surface area (Å²) in [5.74, 6) is 0.821. The monoisotopic (exact) mass is 395 g/mol. The first-order valence-corrected chi connectivity index (χ1v) is 10.2. The summed E-state index contributed by atoms with van der Waals surface area (Å²) < 4.78 is 18.8. The van der Waals surface area contributed by atoms with Gasteiger partial charge in [0.15, 0.2) is 0 Å². The molecule has 0 atom stereocenters. The topological polar surface area (TPSA) is 41.1 Å². The Bertz CT molecular complexity index is 964. The number of rotatable bonds is 10. The molecule has 0 aliphatic rings. The van der Waals surface area contributed by atoms with Crippen molar-refractivity contribution < 1.29 is 9.13 Å². The van der Waals surface area contributed by atoms with Crippen molar-refractivity contribution >= 4 is 16.5 Å². The molecule has 0 bridgehead atoms. The molecule has 3 aromatic rings. The molecule has 5 heteroatoms. The minimum Gasteiger partial charge on any atom is -0.492 e. The van der Waals surface area contributed by atoms with Crippen LogP contribution in [0.1, 0.15) is 37.0 Å². The minimum atomic E-state index is -0.427. The Balaban J connectivity index is 1.63. The number of nitrogens with zero attached hydrogens (tertiary/aromatic N) is 2. The van der Waals surface area contributed by atoms with Gasteiger partial charge in [0.1, 0.15) is 19.2 Å². The summed E-state index contributed by atoms with van der Waals surface area (Å²) in [6.07, 6.45) is 5.99. The van der Waals surface area contributed by atoms with Crippen LogP contribution >= 0.6 is 0 Å². The largest absolute Gasteiger partial charge is 0.492 e. The van der Waals surface area contributed by atoms with E-state index in [0.29, 0.717) is 13.2 Å². The number of aromatic nitrogens is 2. The first-order valence-electron chi connectivity index (χ1n) is 10.2. The average Bonchev–Trinajstić information content (AvgIpc) is 3.18. The fourth-order valence-electron chi connectivity index (χ4n) is 3.41. The van der Waals surface area contributed by atoms with E-state index in [0.717, 1.165) is 41.6 Å². The molecule has 0 amide bonds. The quantitative estimate of drug-likeness (QED) is 0.459. The number of nitrogens with one attached hydrogen (secondary N) is 1. The van der Waals surface area contributed by atoms with Crippen LogP contribution in [-0.4, -0.2) is 41.6 Å². The molecule has 1 heterocycles. The van der Waals surface area contributed by atoms with Crippen molar-refractivity contribution in [2.24, 2.45) is 0 Å². The maximum Gasteiger partial charge on any atom is 0.143 e. The SMILES string of the molecule is CCCN(CF)CCOc1cccc(C(C)=CCc2cc3c[nH]nc3cc2C)c1. The lowest BCUT2D eigenvalue weighted by molar-refractivity contribution is 0.153. The van der Waals surface area contributed by atoms with E-state index in [-0.39, 0.29) is 0 Å². The van der Waals surface area contributed by atoms with E-state index < -0.39 is 6.80 Å². The third-order valence-corrected chi connectivity index (χ3v) is 5.19. The van der Waals surface area contributed by atoms with Crippen molar-refractivity contribution in [3.63, 3.8) is 0 Å². The highest BCUT2D eigenvalue weighted by Crippen LogP contribution is 2.23. The third-order valence-electron chi connectivity index (χ3n) is 5.19. The number of aryl methyl sites for hydroxylation is 1. The van der Waals surface area contributed by atoms with Crippen LogP contribution in [0.5, 0.6) is 5.75 Å². The lowest BCUT2D eigenvalue weighted by atomic mass is 10.00. The molecule has 0 radical (unpaired) electrons. The van der Waals surface area contributed by atoms with Gasteiger partial charge in [-0.2, -0.15) is 5.10 Å². The molecular weight excluding hydrogens is 365 g/mol. The number of hydrogen-bond donors (Lipinski definition) is 1. The molecule has 3 rings (SSSR count). The lowest BCUT2D eigenvalue weighted by Gasteiger charge is -2.17. The number of halogens is 1. The zero-order valence-electron chi connectivity index (χ0n) is 17.5. The van der Waals surface area contributed by atoms with Crippen molar-refractivity contribution in [2.75, 3.05) is 26.5 Å². The second-order valence-electron chi connectivity index (χ2n) is 7.43. The summed E-state index contributed by atoms with van der Waals surface area (Å²) in [5.41, 5.74) is 5.89. The van der Waals surface area contributed by atoms with Gasteiger partial charge in [0.2, 0.25) is 0 Å². The van der Waals surface area contributed by atoms with Crippen LogP contribution < -0.4 is 4.74 Å². The van der Waals surface area contributed by atoms with Gasteiger partial charge in [-0.05, 0) is 73.2 Å². The van der Waals surface area contributed by atoms with Crippen LogP contribution in [0.4, 0.5) is 4.39 Å². The van der Waals surface area contributed by atoms with E-state index in [1.54, 1.807) is 4.90 Å². The molecule has 4 nitrogen and oxygen atoms in total. The van der Waals surface area contributed by atoms with Gasteiger partial charge in [-0.3, -0.25) is 10.00 Å². The van der Waals surface area contributed by atoms with Crippen LogP contribution in [0.2, 0.25) is 0 Å². The second kappa shape index (κ2) is 10.2. The van der Waals surface area contributed by atoms with Gasteiger partial charge >= 0.3 is 0 Å². The van der Waals surface area contributed by atoms with Crippen LogP contribution in [0.25, 0.3) is 16.5 Å². The smallest absolute Gasteiger partial charge is 0.143 e. The second-order valence-corrected chi connectivity index (χ2v) is 7.43. The summed E-state index contributed by atoms with van der Waals surface area (Å²) in [6.45, 7) is 7.71. The summed E-state index contributed by atoms with van der Waals surface area (Å²) in [7, 11) is 0. The van der Waals surface area contributed by atoms with Gasteiger partial charge in [0, 0.05) is 24.7 Å². The fraction of sp³-hybridized carbons (Fsp3) is 0.375. The summed E-state index contributed by atoms with van der Waals surface area (Å²) in [6, 6.07) is 12.4. The molecule has 2 aromatic carbocycles. The molecule has 0 aliphatic heterocycles. The van der Waals surface area contributed by atoms with Crippen LogP contribution in [0, 0.1) is 6.92 Å². The molecule has 0 fully saturated rings. The average molecular weight is 396 g/mol. The maximum absolute atomic E-state index is 12.9. The van der Waals surface area contributed by atoms with Gasteiger partial charge in [0.25, 0.3) is 0 Å². The molecule has 0 unspecified atom stereocenters. The number of ether oxygens (including phenoxy) is 1. The van der Waals surface area contributed by atoms with Crippen molar-refractivity contribution in [3.05, 3.63) is 65.4 Å². The predicted molar refractivity (Wildman–Crippen MR) is 118 cm³/mol. The summed E-state index contributed by atoms with van der Waals surface area (Å²) in [4.78, 5) is 1.76. The first kappa shape index (κ1) is 21.1. The van der Waals surface area contributed by atoms with E-state index >= 15 is 0 Å². The molecule has 1 N–H and O–H groups in total. The van der Waals surface area contributed by atoms with Gasteiger partial charge in [-0.25, -0.2) is 4.39 Å². The molecule has 1 aromatic heterocycles. The number of hydrogen-bond acceptors (Lipinski definition) is 3. The predicted octanol–water partition coefficient (Wildman–Crippen LogP) is 5.54. The summed E-state index contributed by atoms with van der Waals surface area (Å²) in [5, 5.41) is 8.30. The Labute approximate surface area is 172 Å². The van der Waals surface area contributed by atoms with E-state index in [1.165, 1.54) is 16.7 Å². The van der Waals surface area contributed by atoms with Gasteiger partial charge in [-0.15, -0.1) is 0 Å². The van der Waals surface area contributed by atoms with Crippen molar-refractivity contribution in [1.82, 2.24) is 15.1 Å². The zero-order valence-corrected chi connectivity index (χ0v) is 17.5. The Kier molecular flexibility index (Phi) is 7.42. The molecule has 154 valence electrons. The number of aromatic amines is 1. The van der Waals surface area contributed by atoms with Gasteiger partial charge in [0.05, 0.1) is 5.52 Å². The summed E-state index contributed by atoms with van der Waals surface area (Å²) >= 11 is 0. The number of benzene rings is 2. The lowest BCUT2D eigenvalue weighted by Crippen LogP contribution is -2.28. The number of fused-ring (bicyclic) bond motifs is 1. The normalized spacial score (nSPS) is 12.1. The fourth-order valence-corrected chi connectivity index (χ4v) is 3.41. The molecule has 0 spiro atoms.